The van der Waals surface area contributed by atoms with Crippen LogP contribution in [0.1, 0.15) is 17.5 Å². The quantitative estimate of drug-likeness (QED) is 0.921. The lowest BCUT2D eigenvalue weighted by Crippen LogP contribution is -2.32. The number of hydrogen-bond donors (Lipinski definition) is 1. The SMILES string of the molecule is Cc1ccc(CN(C)C2CCNC2)c(Br)c1.Cl. The number of benzene rings is 1. The second kappa shape index (κ2) is 6.74. The fourth-order valence-corrected chi connectivity index (χ4v) is 2.81. The van der Waals surface area contributed by atoms with Crippen LogP contribution in [0, 0.1) is 6.92 Å². The molecule has 0 aliphatic carbocycles. The summed E-state index contributed by atoms with van der Waals surface area (Å²) in [6.45, 7) is 5.43. The molecule has 1 fully saturated rings. The van der Waals surface area contributed by atoms with E-state index < -0.39 is 0 Å². The van der Waals surface area contributed by atoms with Gasteiger partial charge in [-0.25, -0.2) is 0 Å². The highest BCUT2D eigenvalue weighted by atomic mass is 79.9. The summed E-state index contributed by atoms with van der Waals surface area (Å²) in [4.78, 5) is 2.44. The molecule has 4 heteroatoms. The Hall–Kier alpha value is -0.0900. The Labute approximate surface area is 118 Å². The number of nitrogens with zero attached hydrogens (tertiary/aromatic N) is 1. The van der Waals surface area contributed by atoms with Crippen molar-refractivity contribution in [1.29, 1.82) is 0 Å². The number of likely N-dealkylation sites (N-methyl/N-ethyl adjacent to an activating group) is 1. The van der Waals surface area contributed by atoms with E-state index in [1.54, 1.807) is 0 Å². The van der Waals surface area contributed by atoms with Gasteiger partial charge in [-0.05, 0) is 44.1 Å². The Morgan fingerprint density at radius 3 is 2.82 bits per heavy atom. The Kier molecular flexibility index (Phi) is 5.93. The third-order valence-electron chi connectivity index (χ3n) is 3.29. The lowest BCUT2D eigenvalue weighted by atomic mass is 10.1. The first-order valence-electron chi connectivity index (χ1n) is 5.83. The summed E-state index contributed by atoms with van der Waals surface area (Å²) in [5.41, 5.74) is 2.68. The van der Waals surface area contributed by atoms with Crippen LogP contribution in [0.25, 0.3) is 0 Å². The van der Waals surface area contributed by atoms with Gasteiger partial charge in [0.05, 0.1) is 0 Å². The van der Waals surface area contributed by atoms with Gasteiger partial charge in [-0.15, -0.1) is 12.4 Å². The molecule has 0 saturated carbocycles. The van der Waals surface area contributed by atoms with Gasteiger partial charge in [0.1, 0.15) is 0 Å². The summed E-state index contributed by atoms with van der Waals surface area (Å²) in [6, 6.07) is 7.28. The number of aryl methyl sites for hydroxylation is 1. The van der Waals surface area contributed by atoms with Crippen molar-refractivity contribution >= 4 is 28.3 Å². The van der Waals surface area contributed by atoms with Crippen LogP contribution in [-0.2, 0) is 6.54 Å². The minimum absolute atomic E-state index is 0. The van der Waals surface area contributed by atoms with Gasteiger partial charge in [-0.3, -0.25) is 4.90 Å². The molecule has 1 aliphatic rings. The van der Waals surface area contributed by atoms with Gasteiger partial charge >= 0.3 is 0 Å². The normalized spacial score (nSPS) is 19.4. The molecule has 1 aliphatic heterocycles. The van der Waals surface area contributed by atoms with Gasteiger partial charge in [-0.1, -0.05) is 28.1 Å². The van der Waals surface area contributed by atoms with Crippen LogP contribution in [0.2, 0.25) is 0 Å². The summed E-state index contributed by atoms with van der Waals surface area (Å²) >= 11 is 3.64. The molecule has 1 atom stereocenters. The van der Waals surface area contributed by atoms with Crippen LogP contribution in [0.5, 0.6) is 0 Å². The predicted molar refractivity (Wildman–Crippen MR) is 78.9 cm³/mol. The standard InChI is InChI=1S/C13H19BrN2.ClH/c1-10-3-4-11(13(14)7-10)9-16(2)12-5-6-15-8-12;/h3-4,7,12,15H,5-6,8-9H2,1-2H3;1H. The summed E-state index contributed by atoms with van der Waals surface area (Å²) in [5, 5.41) is 3.41. The molecular weight excluding hydrogens is 300 g/mol. The van der Waals surface area contributed by atoms with Crippen molar-refractivity contribution in [2.45, 2.75) is 25.9 Å². The number of nitrogens with one attached hydrogen (secondary N) is 1. The molecule has 1 heterocycles. The zero-order valence-electron chi connectivity index (χ0n) is 10.4. The monoisotopic (exact) mass is 318 g/mol. The highest BCUT2D eigenvalue weighted by Gasteiger charge is 2.19. The molecule has 0 spiro atoms. The molecule has 1 N–H and O–H groups in total. The van der Waals surface area contributed by atoms with Gasteiger partial charge in [0.25, 0.3) is 0 Å². The van der Waals surface area contributed by atoms with E-state index in [-0.39, 0.29) is 12.4 Å². The fraction of sp³-hybridized carbons (Fsp3) is 0.538. The second-order valence-corrected chi connectivity index (χ2v) is 5.51. The lowest BCUT2D eigenvalue weighted by Gasteiger charge is -2.24. The van der Waals surface area contributed by atoms with E-state index in [1.807, 2.05) is 0 Å². The summed E-state index contributed by atoms with van der Waals surface area (Å²) in [5.74, 6) is 0. The van der Waals surface area contributed by atoms with Crippen LogP contribution >= 0.6 is 28.3 Å². The first-order valence-corrected chi connectivity index (χ1v) is 6.62. The molecule has 0 radical (unpaired) electrons. The van der Waals surface area contributed by atoms with Crippen molar-refractivity contribution in [2.75, 3.05) is 20.1 Å². The van der Waals surface area contributed by atoms with Gasteiger partial charge < -0.3 is 5.32 Å². The summed E-state index contributed by atoms with van der Waals surface area (Å²) in [7, 11) is 2.21. The molecular formula is C13H20BrClN2. The van der Waals surface area contributed by atoms with E-state index in [4.69, 9.17) is 0 Å². The van der Waals surface area contributed by atoms with E-state index in [0.717, 1.165) is 19.6 Å². The van der Waals surface area contributed by atoms with Crippen molar-refractivity contribution in [2.24, 2.45) is 0 Å². The smallest absolute Gasteiger partial charge is 0.0245 e. The molecule has 1 saturated heterocycles. The van der Waals surface area contributed by atoms with Crippen molar-refractivity contribution in [3.8, 4) is 0 Å². The van der Waals surface area contributed by atoms with Crippen molar-refractivity contribution < 1.29 is 0 Å². The highest BCUT2D eigenvalue weighted by Crippen LogP contribution is 2.21. The van der Waals surface area contributed by atoms with E-state index in [1.165, 1.54) is 22.0 Å². The zero-order valence-corrected chi connectivity index (χ0v) is 12.8. The van der Waals surface area contributed by atoms with E-state index in [2.05, 4.69) is 58.3 Å². The van der Waals surface area contributed by atoms with Gasteiger partial charge in [0.15, 0.2) is 0 Å². The minimum atomic E-state index is 0. The number of halogens is 2. The molecule has 1 aromatic carbocycles. The molecule has 0 bridgehead atoms. The lowest BCUT2D eigenvalue weighted by molar-refractivity contribution is 0.248. The third kappa shape index (κ3) is 3.95. The molecule has 0 amide bonds. The van der Waals surface area contributed by atoms with Crippen LogP contribution in [0.4, 0.5) is 0 Å². The first kappa shape index (κ1) is 15.0. The maximum absolute atomic E-state index is 3.64. The van der Waals surface area contributed by atoms with Crippen molar-refractivity contribution in [1.82, 2.24) is 10.2 Å². The molecule has 2 rings (SSSR count). The molecule has 0 aromatic heterocycles. The zero-order chi connectivity index (χ0) is 11.5. The molecule has 1 aromatic rings. The van der Waals surface area contributed by atoms with Crippen molar-refractivity contribution in [3.63, 3.8) is 0 Å². The van der Waals surface area contributed by atoms with Crippen molar-refractivity contribution in [3.05, 3.63) is 33.8 Å². The van der Waals surface area contributed by atoms with Crippen LogP contribution < -0.4 is 5.32 Å². The summed E-state index contributed by atoms with van der Waals surface area (Å²) in [6.07, 6.45) is 1.26. The molecule has 1 unspecified atom stereocenters. The number of rotatable bonds is 3. The molecule has 17 heavy (non-hydrogen) atoms. The highest BCUT2D eigenvalue weighted by molar-refractivity contribution is 9.10. The largest absolute Gasteiger partial charge is 0.315 e. The fourth-order valence-electron chi connectivity index (χ4n) is 2.19. The average Bonchev–Trinajstić information content (AvgIpc) is 2.75. The Bertz CT molecular complexity index is 364. The third-order valence-corrected chi connectivity index (χ3v) is 4.02. The molecule has 2 nitrogen and oxygen atoms in total. The summed E-state index contributed by atoms with van der Waals surface area (Å²) < 4.78 is 1.23. The predicted octanol–water partition coefficient (Wildman–Crippen LogP) is 2.97. The second-order valence-electron chi connectivity index (χ2n) is 4.66. The van der Waals surface area contributed by atoms with Gasteiger partial charge in [0, 0.05) is 23.6 Å². The van der Waals surface area contributed by atoms with E-state index in [0.29, 0.717) is 6.04 Å². The van der Waals surface area contributed by atoms with E-state index >= 15 is 0 Å². The first-order chi connectivity index (χ1) is 7.66. The van der Waals surface area contributed by atoms with Crippen LogP contribution in [0.3, 0.4) is 0 Å². The minimum Gasteiger partial charge on any atom is -0.315 e. The number of hydrogen-bond acceptors (Lipinski definition) is 2. The Morgan fingerprint density at radius 1 is 1.47 bits per heavy atom. The Balaban J connectivity index is 0.00000144. The topological polar surface area (TPSA) is 15.3 Å². The Morgan fingerprint density at radius 2 is 2.24 bits per heavy atom. The van der Waals surface area contributed by atoms with Crippen LogP contribution in [0.15, 0.2) is 22.7 Å². The van der Waals surface area contributed by atoms with Gasteiger partial charge in [-0.2, -0.15) is 0 Å². The molecule has 96 valence electrons. The van der Waals surface area contributed by atoms with Gasteiger partial charge in [0.2, 0.25) is 0 Å². The maximum Gasteiger partial charge on any atom is 0.0245 e. The van der Waals surface area contributed by atoms with E-state index in [9.17, 15) is 0 Å². The van der Waals surface area contributed by atoms with Crippen LogP contribution in [-0.4, -0.2) is 31.1 Å². The average molecular weight is 320 g/mol. The maximum atomic E-state index is 3.64.